The van der Waals surface area contributed by atoms with E-state index in [0.717, 1.165) is 32.1 Å². The van der Waals surface area contributed by atoms with E-state index in [1.54, 1.807) is 24.3 Å². The van der Waals surface area contributed by atoms with E-state index in [-0.39, 0.29) is 6.04 Å². The number of nitrogens with one attached hydrogen (secondary N) is 2. The lowest BCUT2D eigenvalue weighted by atomic mass is 9.96. The van der Waals surface area contributed by atoms with E-state index in [9.17, 15) is 19.2 Å². The molecule has 0 aliphatic heterocycles. The van der Waals surface area contributed by atoms with Gasteiger partial charge in [-0.2, -0.15) is 0 Å². The first-order valence-corrected chi connectivity index (χ1v) is 8.97. The molecule has 0 aromatic heterocycles. The molecule has 0 saturated heterocycles. The van der Waals surface area contributed by atoms with Gasteiger partial charge in [0, 0.05) is 11.6 Å². The summed E-state index contributed by atoms with van der Waals surface area (Å²) in [5, 5.41) is 4.93. The van der Waals surface area contributed by atoms with E-state index < -0.39 is 30.6 Å². The van der Waals surface area contributed by atoms with Gasteiger partial charge in [0.25, 0.3) is 5.91 Å². The van der Waals surface area contributed by atoms with E-state index in [2.05, 4.69) is 10.6 Å². The highest BCUT2D eigenvalue weighted by Crippen LogP contribution is 2.17. The molecule has 3 amide bonds. The van der Waals surface area contributed by atoms with Crippen LogP contribution in [0.25, 0.3) is 0 Å². The Kier molecular flexibility index (Phi) is 7.79. The van der Waals surface area contributed by atoms with E-state index in [1.165, 1.54) is 6.92 Å². The number of hydrogen-bond acceptors (Lipinski definition) is 6. The molecule has 1 fully saturated rings. The van der Waals surface area contributed by atoms with Crippen LogP contribution < -0.4 is 15.4 Å². The molecule has 2 rings (SSSR count). The molecule has 27 heavy (non-hydrogen) atoms. The number of amides is 3. The van der Waals surface area contributed by atoms with Crippen molar-refractivity contribution < 1.29 is 28.7 Å². The number of aldehydes is 1. The summed E-state index contributed by atoms with van der Waals surface area (Å²) < 4.78 is 10.2. The van der Waals surface area contributed by atoms with Gasteiger partial charge >= 0.3 is 12.0 Å². The van der Waals surface area contributed by atoms with Crippen molar-refractivity contribution in [2.24, 2.45) is 0 Å². The maximum Gasteiger partial charge on any atom is 0.344 e. The largest absolute Gasteiger partial charge is 0.482 e. The number of esters is 1. The number of hydrogen-bond donors (Lipinski definition) is 2. The van der Waals surface area contributed by atoms with Crippen molar-refractivity contribution in [3.8, 4) is 5.75 Å². The lowest BCUT2D eigenvalue weighted by Gasteiger charge is -2.23. The van der Waals surface area contributed by atoms with Crippen LogP contribution in [0.3, 0.4) is 0 Å². The molecular formula is C19H24N2O6. The Morgan fingerprint density at radius 3 is 2.44 bits per heavy atom. The predicted molar refractivity (Wildman–Crippen MR) is 96.4 cm³/mol. The van der Waals surface area contributed by atoms with E-state index in [4.69, 9.17) is 9.47 Å². The van der Waals surface area contributed by atoms with Crippen LogP contribution in [-0.2, 0) is 14.3 Å². The molecule has 8 heteroatoms. The lowest BCUT2D eigenvalue weighted by Crippen LogP contribution is -2.48. The maximum atomic E-state index is 12.0. The van der Waals surface area contributed by atoms with Crippen molar-refractivity contribution in [3.05, 3.63) is 29.8 Å². The van der Waals surface area contributed by atoms with E-state index >= 15 is 0 Å². The number of rotatable bonds is 7. The van der Waals surface area contributed by atoms with Crippen molar-refractivity contribution in [1.29, 1.82) is 0 Å². The van der Waals surface area contributed by atoms with Crippen LogP contribution in [0.5, 0.6) is 5.75 Å². The minimum atomic E-state index is -1.13. The summed E-state index contributed by atoms with van der Waals surface area (Å²) in [7, 11) is 0. The highest BCUT2D eigenvalue weighted by Gasteiger charge is 2.22. The van der Waals surface area contributed by atoms with Gasteiger partial charge in [-0.15, -0.1) is 0 Å². The number of imide groups is 1. The monoisotopic (exact) mass is 376 g/mol. The second kappa shape index (κ2) is 10.3. The zero-order valence-electron chi connectivity index (χ0n) is 15.2. The van der Waals surface area contributed by atoms with Crippen LogP contribution in [0.2, 0.25) is 0 Å². The van der Waals surface area contributed by atoms with Gasteiger partial charge in [0.05, 0.1) is 0 Å². The van der Waals surface area contributed by atoms with Crippen LogP contribution in [0, 0.1) is 0 Å². The fourth-order valence-electron chi connectivity index (χ4n) is 2.75. The summed E-state index contributed by atoms with van der Waals surface area (Å²) >= 11 is 0. The zero-order chi connectivity index (χ0) is 19.6. The Balaban J connectivity index is 1.69. The van der Waals surface area contributed by atoms with Crippen LogP contribution in [-0.4, -0.2) is 42.9 Å². The van der Waals surface area contributed by atoms with Gasteiger partial charge in [0.2, 0.25) is 0 Å². The molecule has 1 aromatic carbocycles. The van der Waals surface area contributed by atoms with Gasteiger partial charge in [-0.05, 0) is 44.0 Å². The smallest absolute Gasteiger partial charge is 0.344 e. The molecule has 146 valence electrons. The number of ether oxygens (including phenoxy) is 2. The average molecular weight is 376 g/mol. The molecule has 1 aliphatic carbocycles. The Morgan fingerprint density at radius 1 is 1.15 bits per heavy atom. The van der Waals surface area contributed by atoms with Crippen molar-refractivity contribution in [3.63, 3.8) is 0 Å². The number of carbonyl (C=O) groups excluding carboxylic acids is 4. The highest BCUT2D eigenvalue weighted by atomic mass is 16.6. The van der Waals surface area contributed by atoms with Crippen LogP contribution in [0.4, 0.5) is 4.79 Å². The second-order valence-electron chi connectivity index (χ2n) is 6.41. The van der Waals surface area contributed by atoms with Gasteiger partial charge in [-0.1, -0.05) is 19.3 Å². The van der Waals surface area contributed by atoms with Crippen molar-refractivity contribution in [2.45, 2.75) is 51.2 Å². The lowest BCUT2D eigenvalue weighted by molar-refractivity contribution is -0.156. The average Bonchev–Trinajstić information content (AvgIpc) is 2.67. The first-order valence-electron chi connectivity index (χ1n) is 8.97. The first kappa shape index (κ1) is 20.4. The molecule has 8 nitrogen and oxygen atoms in total. The summed E-state index contributed by atoms with van der Waals surface area (Å²) in [6, 6.07) is 5.68. The molecule has 1 aromatic rings. The number of urea groups is 1. The molecule has 0 radical (unpaired) electrons. The topological polar surface area (TPSA) is 111 Å². The van der Waals surface area contributed by atoms with Crippen LogP contribution >= 0.6 is 0 Å². The summed E-state index contributed by atoms with van der Waals surface area (Å²) in [6.45, 7) is 0.978. The summed E-state index contributed by atoms with van der Waals surface area (Å²) in [6.07, 6.45) is 4.65. The molecule has 1 aliphatic rings. The summed E-state index contributed by atoms with van der Waals surface area (Å²) in [5.41, 5.74) is 0.488. The van der Waals surface area contributed by atoms with Gasteiger partial charge in [-0.25, -0.2) is 9.59 Å². The predicted octanol–water partition coefficient (Wildman–Crippen LogP) is 1.97. The Morgan fingerprint density at radius 2 is 1.81 bits per heavy atom. The third kappa shape index (κ3) is 7.08. The van der Waals surface area contributed by atoms with Crippen molar-refractivity contribution >= 4 is 24.2 Å². The fourth-order valence-corrected chi connectivity index (χ4v) is 2.75. The molecule has 0 bridgehead atoms. The minimum absolute atomic E-state index is 0.0726. The quantitative estimate of drug-likeness (QED) is 0.556. The van der Waals surface area contributed by atoms with Gasteiger partial charge in [0.1, 0.15) is 12.0 Å². The molecular weight excluding hydrogens is 352 g/mol. The third-order valence-electron chi connectivity index (χ3n) is 4.23. The van der Waals surface area contributed by atoms with Crippen molar-refractivity contribution in [2.75, 3.05) is 6.61 Å². The normalized spacial score (nSPS) is 15.3. The maximum absolute atomic E-state index is 12.0. The van der Waals surface area contributed by atoms with Gasteiger partial charge < -0.3 is 14.8 Å². The second-order valence-corrected chi connectivity index (χ2v) is 6.41. The fraction of sp³-hybridized carbons (Fsp3) is 0.474. The molecule has 1 saturated carbocycles. The molecule has 2 N–H and O–H groups in total. The Bertz CT molecular complexity index is 667. The summed E-state index contributed by atoms with van der Waals surface area (Å²) in [5.74, 6) is -1.06. The third-order valence-corrected chi connectivity index (χ3v) is 4.23. The van der Waals surface area contributed by atoms with E-state index in [1.807, 2.05) is 0 Å². The number of carbonyl (C=O) groups is 4. The summed E-state index contributed by atoms with van der Waals surface area (Å²) in [4.78, 5) is 46.1. The van der Waals surface area contributed by atoms with Gasteiger partial charge in [-0.3, -0.25) is 14.9 Å². The number of benzene rings is 1. The molecule has 0 heterocycles. The molecule has 0 spiro atoms. The van der Waals surface area contributed by atoms with Crippen LogP contribution in [0.15, 0.2) is 24.3 Å². The van der Waals surface area contributed by atoms with Crippen molar-refractivity contribution in [1.82, 2.24) is 10.6 Å². The van der Waals surface area contributed by atoms with E-state index in [0.29, 0.717) is 17.6 Å². The molecule has 0 unspecified atom stereocenters. The Hall–Kier alpha value is -2.90. The molecule has 1 atom stereocenters. The highest BCUT2D eigenvalue weighted by molar-refractivity contribution is 5.97. The Labute approximate surface area is 157 Å². The zero-order valence-corrected chi connectivity index (χ0v) is 15.2. The SMILES string of the molecule is C[C@H](OC(=O)COc1ccc(C=O)cc1)C(=O)NC(=O)NC1CCCCC1. The minimum Gasteiger partial charge on any atom is -0.482 e. The van der Waals surface area contributed by atoms with Gasteiger partial charge in [0.15, 0.2) is 12.7 Å². The first-order chi connectivity index (χ1) is 13.0. The standard InChI is InChI=1S/C19H24N2O6/c1-13(18(24)21-19(25)20-15-5-3-2-4-6-15)27-17(23)12-26-16-9-7-14(11-22)8-10-16/h7-11,13,15H,2-6,12H2,1H3,(H2,20,21,24,25)/t13-/m0/s1. The van der Waals surface area contributed by atoms with Crippen LogP contribution in [0.1, 0.15) is 49.4 Å².